The Morgan fingerprint density at radius 1 is 1.45 bits per heavy atom. The number of aromatic amines is 1. The zero-order chi connectivity index (χ0) is 7.68. The van der Waals surface area contributed by atoms with Gasteiger partial charge in [0.1, 0.15) is 5.71 Å². The van der Waals surface area contributed by atoms with Crippen molar-refractivity contribution < 1.29 is 4.79 Å². The highest BCUT2D eigenvalue weighted by Crippen LogP contribution is 2.04. The van der Waals surface area contributed by atoms with Crippen molar-refractivity contribution in [3.05, 3.63) is 36.3 Å². The molecule has 1 aromatic heterocycles. The van der Waals surface area contributed by atoms with Crippen LogP contribution in [0.2, 0.25) is 0 Å². The zero-order valence-corrected chi connectivity index (χ0v) is 5.74. The Labute approximate surface area is 63.5 Å². The smallest absolute Gasteiger partial charge is 0.207 e. The van der Waals surface area contributed by atoms with Crippen LogP contribution >= 0.6 is 0 Å². The first-order valence-electron chi connectivity index (χ1n) is 3.30. The van der Waals surface area contributed by atoms with Gasteiger partial charge in [-0.05, 0) is 12.1 Å². The molecule has 1 aliphatic heterocycles. The van der Waals surface area contributed by atoms with Crippen molar-refractivity contribution in [3.8, 4) is 0 Å². The number of aromatic nitrogens is 1. The minimum absolute atomic E-state index is 0.0348. The maximum atomic E-state index is 11.0. The Kier molecular flexibility index (Phi) is 1.22. The predicted octanol–water partition coefficient (Wildman–Crippen LogP) is 0.900. The van der Waals surface area contributed by atoms with Gasteiger partial charge in [0, 0.05) is 18.5 Å². The van der Waals surface area contributed by atoms with Crippen LogP contribution in [0.4, 0.5) is 0 Å². The van der Waals surface area contributed by atoms with Crippen LogP contribution in [0.25, 0.3) is 0 Å². The number of carbonyl (C=O) groups excluding carboxylic acids is 1. The van der Waals surface area contributed by atoms with Crippen LogP contribution in [0.5, 0.6) is 0 Å². The van der Waals surface area contributed by atoms with Crippen LogP contribution in [0.15, 0.2) is 35.6 Å². The molecule has 0 saturated carbocycles. The summed E-state index contributed by atoms with van der Waals surface area (Å²) in [7, 11) is 0. The Morgan fingerprint density at radius 2 is 2.36 bits per heavy atom. The summed E-state index contributed by atoms with van der Waals surface area (Å²) in [6, 6.07) is 3.66. The molecule has 54 valence electrons. The van der Waals surface area contributed by atoms with Gasteiger partial charge in [0.2, 0.25) is 5.78 Å². The molecule has 0 fully saturated rings. The normalized spacial score (nSPS) is 15.6. The van der Waals surface area contributed by atoms with Crippen molar-refractivity contribution in [2.75, 3.05) is 0 Å². The van der Waals surface area contributed by atoms with E-state index in [4.69, 9.17) is 0 Å². The highest BCUT2D eigenvalue weighted by atomic mass is 16.1. The number of hydrogen-bond acceptors (Lipinski definition) is 2. The topological polar surface area (TPSA) is 45.2 Å². The van der Waals surface area contributed by atoms with E-state index >= 15 is 0 Å². The summed E-state index contributed by atoms with van der Waals surface area (Å²) in [5.41, 5.74) is 1.27. The molecular weight excluding hydrogens is 140 g/mol. The number of ketones is 1. The first-order chi connectivity index (χ1) is 5.38. The molecule has 0 bridgehead atoms. The molecule has 3 nitrogen and oxygen atoms in total. The van der Waals surface area contributed by atoms with E-state index in [0.717, 1.165) is 5.69 Å². The van der Waals surface area contributed by atoms with Crippen molar-refractivity contribution in [1.82, 2.24) is 4.98 Å². The van der Waals surface area contributed by atoms with Gasteiger partial charge in [0.15, 0.2) is 0 Å². The minimum Gasteiger partial charge on any atom is -0.360 e. The molecule has 1 N–H and O–H groups in total. The zero-order valence-electron chi connectivity index (χ0n) is 5.74. The second-order valence-corrected chi connectivity index (χ2v) is 2.24. The van der Waals surface area contributed by atoms with Gasteiger partial charge in [0.05, 0.1) is 5.69 Å². The number of nitrogens with one attached hydrogen (secondary N) is 1. The second-order valence-electron chi connectivity index (χ2n) is 2.24. The van der Waals surface area contributed by atoms with E-state index in [1.165, 1.54) is 12.3 Å². The average molecular weight is 146 g/mol. The Bertz CT molecular complexity index is 333. The van der Waals surface area contributed by atoms with Gasteiger partial charge in [-0.3, -0.25) is 9.79 Å². The number of aliphatic imine (C=N–C) groups is 1. The number of H-pyrrole nitrogens is 1. The molecule has 0 amide bonds. The molecule has 1 aromatic rings. The van der Waals surface area contributed by atoms with Crippen LogP contribution in [0.3, 0.4) is 0 Å². The Balaban J connectivity index is 2.40. The molecule has 2 heterocycles. The third kappa shape index (κ3) is 0.902. The summed E-state index contributed by atoms with van der Waals surface area (Å²) in [6.07, 6.45) is 4.73. The summed E-state index contributed by atoms with van der Waals surface area (Å²) in [5.74, 6) is -0.0348. The van der Waals surface area contributed by atoms with Gasteiger partial charge in [-0.2, -0.15) is 0 Å². The standard InChI is InChI=1S/C8H6N2O/c11-7-3-5-10-8(7)6-2-1-4-9-6/h1-5,9H. The van der Waals surface area contributed by atoms with E-state index < -0.39 is 0 Å². The Morgan fingerprint density at radius 3 is 2.91 bits per heavy atom. The molecule has 0 unspecified atom stereocenters. The average Bonchev–Trinajstić information content (AvgIpc) is 2.55. The maximum absolute atomic E-state index is 11.0. The van der Waals surface area contributed by atoms with E-state index in [1.54, 1.807) is 6.20 Å². The molecule has 11 heavy (non-hydrogen) atoms. The first kappa shape index (κ1) is 6.09. The maximum Gasteiger partial charge on any atom is 0.207 e. The van der Waals surface area contributed by atoms with Gasteiger partial charge in [-0.15, -0.1) is 0 Å². The van der Waals surface area contributed by atoms with Crippen LogP contribution in [0, 0.1) is 0 Å². The van der Waals surface area contributed by atoms with E-state index in [0.29, 0.717) is 5.71 Å². The van der Waals surface area contributed by atoms with Crippen molar-refractivity contribution in [2.45, 2.75) is 0 Å². The van der Waals surface area contributed by atoms with Crippen LogP contribution in [0.1, 0.15) is 5.69 Å². The molecule has 0 aromatic carbocycles. The largest absolute Gasteiger partial charge is 0.360 e. The summed E-state index contributed by atoms with van der Waals surface area (Å²) in [4.78, 5) is 17.9. The molecular formula is C8H6N2O. The lowest BCUT2D eigenvalue weighted by Gasteiger charge is -1.91. The third-order valence-corrected chi connectivity index (χ3v) is 1.52. The monoisotopic (exact) mass is 146 g/mol. The SMILES string of the molecule is O=C1C=CN=C1c1ccc[nH]1. The predicted molar refractivity (Wildman–Crippen MR) is 41.5 cm³/mol. The lowest BCUT2D eigenvalue weighted by molar-refractivity contribution is -0.108. The van der Waals surface area contributed by atoms with Crippen molar-refractivity contribution in [2.24, 2.45) is 4.99 Å². The van der Waals surface area contributed by atoms with Crippen LogP contribution in [-0.2, 0) is 4.79 Å². The number of rotatable bonds is 1. The lowest BCUT2D eigenvalue weighted by Crippen LogP contribution is -2.09. The van der Waals surface area contributed by atoms with E-state index in [1.807, 2.05) is 12.1 Å². The van der Waals surface area contributed by atoms with Crippen molar-refractivity contribution in [3.63, 3.8) is 0 Å². The number of allylic oxidation sites excluding steroid dienone is 1. The second kappa shape index (κ2) is 2.20. The van der Waals surface area contributed by atoms with E-state index in [2.05, 4.69) is 9.98 Å². The fourth-order valence-corrected chi connectivity index (χ4v) is 1.00. The molecule has 0 radical (unpaired) electrons. The molecule has 3 heteroatoms. The van der Waals surface area contributed by atoms with Crippen molar-refractivity contribution >= 4 is 11.5 Å². The fraction of sp³-hybridized carbons (Fsp3) is 0. The number of hydrogen-bond donors (Lipinski definition) is 1. The summed E-state index contributed by atoms with van der Waals surface area (Å²) >= 11 is 0. The highest BCUT2D eigenvalue weighted by molar-refractivity contribution is 6.50. The number of carbonyl (C=O) groups is 1. The van der Waals surface area contributed by atoms with Gasteiger partial charge >= 0.3 is 0 Å². The first-order valence-corrected chi connectivity index (χ1v) is 3.30. The minimum atomic E-state index is -0.0348. The van der Waals surface area contributed by atoms with Gasteiger partial charge in [-0.1, -0.05) is 0 Å². The van der Waals surface area contributed by atoms with Gasteiger partial charge in [-0.25, -0.2) is 0 Å². The molecule has 2 rings (SSSR count). The molecule has 1 aliphatic rings. The molecule has 0 saturated heterocycles. The molecule has 0 aliphatic carbocycles. The highest BCUT2D eigenvalue weighted by Gasteiger charge is 2.14. The van der Waals surface area contributed by atoms with Gasteiger partial charge < -0.3 is 4.98 Å². The summed E-state index contributed by atoms with van der Waals surface area (Å²) < 4.78 is 0. The summed E-state index contributed by atoms with van der Waals surface area (Å²) in [6.45, 7) is 0. The molecule has 0 atom stereocenters. The Hall–Kier alpha value is -1.64. The van der Waals surface area contributed by atoms with Crippen LogP contribution in [-0.4, -0.2) is 16.5 Å². The molecule has 0 spiro atoms. The van der Waals surface area contributed by atoms with E-state index in [9.17, 15) is 4.79 Å². The third-order valence-electron chi connectivity index (χ3n) is 1.52. The van der Waals surface area contributed by atoms with Crippen molar-refractivity contribution in [1.29, 1.82) is 0 Å². The quantitative estimate of drug-likeness (QED) is 0.628. The van der Waals surface area contributed by atoms with Crippen LogP contribution < -0.4 is 0 Å². The lowest BCUT2D eigenvalue weighted by atomic mass is 10.2. The summed E-state index contributed by atoms with van der Waals surface area (Å²) in [5, 5.41) is 0. The fourth-order valence-electron chi connectivity index (χ4n) is 1.00. The number of nitrogens with zero attached hydrogens (tertiary/aromatic N) is 1. The van der Waals surface area contributed by atoms with E-state index in [-0.39, 0.29) is 5.78 Å². The van der Waals surface area contributed by atoms with Gasteiger partial charge in [0.25, 0.3) is 0 Å².